The highest BCUT2D eigenvalue weighted by Crippen LogP contribution is 2.02. The molecule has 0 spiro atoms. The van der Waals surface area contributed by atoms with Crippen molar-refractivity contribution in [1.82, 2.24) is 5.32 Å². The summed E-state index contributed by atoms with van der Waals surface area (Å²) in [4.78, 5) is 0. The van der Waals surface area contributed by atoms with E-state index in [1.807, 2.05) is 19.1 Å². The molecule has 1 atom stereocenters. The average Bonchev–Trinajstić information content (AvgIpc) is 2.26. The van der Waals surface area contributed by atoms with Gasteiger partial charge in [-0.25, -0.2) is 0 Å². The molecule has 2 nitrogen and oxygen atoms in total. The minimum Gasteiger partial charge on any atom is -0.300 e. The van der Waals surface area contributed by atoms with Crippen LogP contribution >= 0.6 is 0 Å². The first-order valence-electron chi connectivity index (χ1n) is 4.45. The van der Waals surface area contributed by atoms with Crippen LogP contribution in [-0.2, 0) is 6.54 Å². The van der Waals surface area contributed by atoms with E-state index < -0.39 is 0 Å². The zero-order chi connectivity index (χ0) is 10.4. The first-order chi connectivity index (χ1) is 6.76. The van der Waals surface area contributed by atoms with Crippen LogP contribution in [0.3, 0.4) is 0 Å². The Bertz CT molecular complexity index is 365. The van der Waals surface area contributed by atoms with Crippen molar-refractivity contribution in [2.75, 3.05) is 0 Å². The summed E-state index contributed by atoms with van der Waals surface area (Å²) in [6.45, 7) is 2.67. The van der Waals surface area contributed by atoms with Gasteiger partial charge in [-0.2, -0.15) is 5.26 Å². The van der Waals surface area contributed by atoms with Crippen LogP contribution in [0, 0.1) is 23.7 Å². The van der Waals surface area contributed by atoms with Gasteiger partial charge in [-0.05, 0) is 24.6 Å². The normalized spacial score (nSPS) is 11.4. The van der Waals surface area contributed by atoms with Gasteiger partial charge in [0.15, 0.2) is 0 Å². The summed E-state index contributed by atoms with van der Waals surface area (Å²) in [5.74, 6) is 2.59. The van der Waals surface area contributed by atoms with E-state index in [0.717, 1.165) is 12.1 Å². The third-order valence-electron chi connectivity index (χ3n) is 1.95. The molecule has 70 valence electrons. The first-order valence-corrected chi connectivity index (χ1v) is 4.45. The van der Waals surface area contributed by atoms with Crippen molar-refractivity contribution in [3.05, 3.63) is 35.4 Å². The second kappa shape index (κ2) is 5.07. The molecule has 0 bridgehead atoms. The van der Waals surface area contributed by atoms with E-state index in [9.17, 15) is 0 Å². The number of nitrogens with zero attached hydrogens (tertiary/aromatic N) is 1. The van der Waals surface area contributed by atoms with Crippen molar-refractivity contribution in [3.63, 3.8) is 0 Å². The monoisotopic (exact) mass is 184 g/mol. The quantitative estimate of drug-likeness (QED) is 0.725. The van der Waals surface area contributed by atoms with E-state index in [-0.39, 0.29) is 6.04 Å². The smallest absolute Gasteiger partial charge is 0.0991 e. The first kappa shape index (κ1) is 10.3. The molecule has 1 aromatic rings. The summed E-state index contributed by atoms with van der Waals surface area (Å²) in [6.07, 6.45) is 5.23. The molecular formula is C12H12N2. The van der Waals surface area contributed by atoms with Crippen LogP contribution in [0.2, 0.25) is 0 Å². The van der Waals surface area contributed by atoms with Crippen LogP contribution in [0.15, 0.2) is 24.3 Å². The molecule has 2 heteroatoms. The Labute approximate surface area is 84.6 Å². The van der Waals surface area contributed by atoms with Gasteiger partial charge in [0.2, 0.25) is 0 Å². The summed E-state index contributed by atoms with van der Waals surface area (Å²) < 4.78 is 0. The molecule has 1 aromatic carbocycles. The molecule has 1 unspecified atom stereocenters. The van der Waals surface area contributed by atoms with Crippen LogP contribution in [0.5, 0.6) is 0 Å². The summed E-state index contributed by atoms with van der Waals surface area (Å²) >= 11 is 0. The van der Waals surface area contributed by atoms with Gasteiger partial charge in [0.1, 0.15) is 0 Å². The molecule has 1 rings (SSSR count). The lowest BCUT2D eigenvalue weighted by atomic mass is 10.1. The fourth-order valence-electron chi connectivity index (χ4n) is 1.03. The van der Waals surface area contributed by atoms with E-state index in [0.29, 0.717) is 5.56 Å². The minimum absolute atomic E-state index is 0.0747. The minimum atomic E-state index is 0.0747. The molecule has 0 radical (unpaired) electrons. The Kier molecular flexibility index (Phi) is 3.73. The van der Waals surface area contributed by atoms with Crippen LogP contribution < -0.4 is 5.32 Å². The van der Waals surface area contributed by atoms with Crippen molar-refractivity contribution in [2.24, 2.45) is 0 Å². The summed E-state index contributed by atoms with van der Waals surface area (Å²) in [6, 6.07) is 9.61. The fraction of sp³-hybridized carbons (Fsp3) is 0.250. The van der Waals surface area contributed by atoms with Gasteiger partial charge < -0.3 is 0 Å². The highest BCUT2D eigenvalue weighted by Gasteiger charge is 1.96. The Morgan fingerprint density at radius 3 is 2.57 bits per heavy atom. The molecule has 1 N–H and O–H groups in total. The zero-order valence-corrected chi connectivity index (χ0v) is 8.12. The lowest BCUT2D eigenvalue weighted by Gasteiger charge is -2.06. The van der Waals surface area contributed by atoms with Crippen molar-refractivity contribution in [3.8, 4) is 18.4 Å². The largest absolute Gasteiger partial charge is 0.300 e. The number of nitrogens with one attached hydrogen (secondary N) is 1. The maximum Gasteiger partial charge on any atom is 0.0991 e. The van der Waals surface area contributed by atoms with Crippen molar-refractivity contribution in [2.45, 2.75) is 19.5 Å². The van der Waals surface area contributed by atoms with Gasteiger partial charge in [-0.1, -0.05) is 18.1 Å². The molecule has 0 heterocycles. The van der Waals surface area contributed by atoms with E-state index in [1.54, 1.807) is 12.1 Å². The average molecular weight is 184 g/mol. The number of benzene rings is 1. The van der Waals surface area contributed by atoms with Gasteiger partial charge in [-0.15, -0.1) is 6.42 Å². The van der Waals surface area contributed by atoms with E-state index >= 15 is 0 Å². The maximum atomic E-state index is 8.59. The standard InChI is InChI=1S/C12H12N2/c1-3-10(2)14-9-12-6-4-11(8-13)5-7-12/h1,4-7,10,14H,9H2,2H3. The highest BCUT2D eigenvalue weighted by atomic mass is 14.9. The Hall–Kier alpha value is -1.77. The Morgan fingerprint density at radius 2 is 2.07 bits per heavy atom. The molecule has 0 aliphatic carbocycles. The summed E-state index contributed by atoms with van der Waals surface area (Å²) in [5.41, 5.74) is 1.81. The maximum absolute atomic E-state index is 8.59. The second-order valence-corrected chi connectivity index (χ2v) is 3.08. The summed E-state index contributed by atoms with van der Waals surface area (Å²) in [7, 11) is 0. The summed E-state index contributed by atoms with van der Waals surface area (Å²) in [5, 5.41) is 11.8. The van der Waals surface area contributed by atoms with Gasteiger partial charge in [0, 0.05) is 6.54 Å². The van der Waals surface area contributed by atoms with Crippen LogP contribution in [0.25, 0.3) is 0 Å². The second-order valence-electron chi connectivity index (χ2n) is 3.08. The molecule has 0 saturated heterocycles. The molecule has 0 saturated carbocycles. The van der Waals surface area contributed by atoms with E-state index in [1.165, 1.54) is 0 Å². The fourth-order valence-corrected chi connectivity index (χ4v) is 1.03. The molecular weight excluding hydrogens is 172 g/mol. The number of rotatable bonds is 3. The third kappa shape index (κ3) is 2.94. The number of terminal acetylenes is 1. The molecule has 14 heavy (non-hydrogen) atoms. The van der Waals surface area contributed by atoms with Crippen molar-refractivity contribution >= 4 is 0 Å². The third-order valence-corrected chi connectivity index (χ3v) is 1.95. The van der Waals surface area contributed by atoms with Gasteiger partial charge in [-0.3, -0.25) is 5.32 Å². The van der Waals surface area contributed by atoms with Crippen molar-refractivity contribution in [1.29, 1.82) is 5.26 Å². The Morgan fingerprint density at radius 1 is 1.43 bits per heavy atom. The molecule has 0 fully saturated rings. The van der Waals surface area contributed by atoms with Crippen LogP contribution in [0.1, 0.15) is 18.1 Å². The number of hydrogen-bond donors (Lipinski definition) is 1. The predicted octanol–water partition coefficient (Wildman–Crippen LogP) is 1.67. The number of nitriles is 1. The molecule has 0 aromatic heterocycles. The van der Waals surface area contributed by atoms with Crippen LogP contribution in [0.4, 0.5) is 0 Å². The predicted molar refractivity (Wildman–Crippen MR) is 56.3 cm³/mol. The lowest BCUT2D eigenvalue weighted by molar-refractivity contribution is 0.648. The van der Waals surface area contributed by atoms with Gasteiger partial charge >= 0.3 is 0 Å². The number of hydrogen-bond acceptors (Lipinski definition) is 2. The lowest BCUT2D eigenvalue weighted by Crippen LogP contribution is -2.23. The van der Waals surface area contributed by atoms with Gasteiger partial charge in [0.25, 0.3) is 0 Å². The van der Waals surface area contributed by atoms with E-state index in [4.69, 9.17) is 11.7 Å². The van der Waals surface area contributed by atoms with Crippen LogP contribution in [-0.4, -0.2) is 6.04 Å². The topological polar surface area (TPSA) is 35.8 Å². The molecule has 0 amide bonds. The molecule has 0 aliphatic rings. The zero-order valence-electron chi connectivity index (χ0n) is 8.12. The van der Waals surface area contributed by atoms with E-state index in [2.05, 4.69) is 17.3 Å². The van der Waals surface area contributed by atoms with Gasteiger partial charge in [0.05, 0.1) is 17.7 Å². The van der Waals surface area contributed by atoms with Crippen molar-refractivity contribution < 1.29 is 0 Å². The SMILES string of the molecule is C#CC(C)NCc1ccc(C#N)cc1. The molecule has 0 aliphatic heterocycles. The Balaban J connectivity index is 2.54. The highest BCUT2D eigenvalue weighted by molar-refractivity contribution is 5.31.